The van der Waals surface area contributed by atoms with Crippen LogP contribution in [-0.2, 0) is 4.79 Å². The van der Waals surface area contributed by atoms with Crippen LogP contribution in [0.2, 0.25) is 0 Å². The maximum absolute atomic E-state index is 12.8. The van der Waals surface area contributed by atoms with Crippen LogP contribution in [0.3, 0.4) is 0 Å². The summed E-state index contributed by atoms with van der Waals surface area (Å²) in [5.74, 6) is -0.619. The number of nitrogens with two attached hydrogens (primary N) is 1. The van der Waals surface area contributed by atoms with Crippen LogP contribution in [-0.4, -0.2) is 34.6 Å². The van der Waals surface area contributed by atoms with Crippen LogP contribution in [0.5, 0.6) is 0 Å². The van der Waals surface area contributed by atoms with Gasteiger partial charge in [0, 0.05) is 13.1 Å². The van der Waals surface area contributed by atoms with Crippen LogP contribution in [0.15, 0.2) is 29.4 Å². The van der Waals surface area contributed by atoms with Crippen molar-refractivity contribution >= 4 is 34.5 Å². The van der Waals surface area contributed by atoms with Crippen molar-refractivity contribution in [3.8, 4) is 0 Å². The summed E-state index contributed by atoms with van der Waals surface area (Å²) in [4.78, 5) is 13.8. The Morgan fingerprint density at radius 3 is 2.45 bits per heavy atom. The highest BCUT2D eigenvalue weighted by atomic mass is 32.1. The summed E-state index contributed by atoms with van der Waals surface area (Å²) >= 11 is 4.86. The standard InChI is InChI=1S/C13H15FN4OS/c14-9-3-5-10(6-4-9)16-17-11(12(15)20)13(19)18-7-1-2-8-18/h3-6,16H,1-2,7-8H2,(H2,15,20). The number of nitrogens with zero attached hydrogens (tertiary/aromatic N) is 2. The number of halogens is 1. The van der Waals surface area contributed by atoms with E-state index in [9.17, 15) is 9.18 Å². The van der Waals surface area contributed by atoms with Crippen molar-refractivity contribution in [2.24, 2.45) is 10.8 Å². The van der Waals surface area contributed by atoms with Gasteiger partial charge in [-0.1, -0.05) is 12.2 Å². The number of amides is 1. The molecule has 5 nitrogen and oxygen atoms in total. The van der Waals surface area contributed by atoms with E-state index in [1.165, 1.54) is 24.3 Å². The van der Waals surface area contributed by atoms with Gasteiger partial charge in [0.15, 0.2) is 5.71 Å². The fraction of sp³-hybridized carbons (Fsp3) is 0.308. The largest absolute Gasteiger partial charge is 0.388 e. The number of hydrogen-bond donors (Lipinski definition) is 2. The lowest BCUT2D eigenvalue weighted by molar-refractivity contribution is -0.122. The molecule has 1 aliphatic heterocycles. The van der Waals surface area contributed by atoms with E-state index < -0.39 is 0 Å². The number of hydrazone groups is 1. The van der Waals surface area contributed by atoms with Crippen LogP contribution >= 0.6 is 12.2 Å². The smallest absolute Gasteiger partial charge is 0.277 e. The molecule has 1 saturated heterocycles. The zero-order valence-corrected chi connectivity index (χ0v) is 11.6. The summed E-state index contributed by atoms with van der Waals surface area (Å²) in [6.45, 7) is 1.38. The van der Waals surface area contributed by atoms with E-state index in [2.05, 4.69) is 10.5 Å². The molecule has 0 atom stereocenters. The second-order valence-electron chi connectivity index (χ2n) is 4.44. The van der Waals surface area contributed by atoms with Crippen molar-refractivity contribution in [3.63, 3.8) is 0 Å². The van der Waals surface area contributed by atoms with Gasteiger partial charge in [0.2, 0.25) is 0 Å². The Morgan fingerprint density at radius 2 is 1.90 bits per heavy atom. The molecule has 0 bridgehead atoms. The molecule has 0 aliphatic carbocycles. The number of likely N-dealkylation sites (tertiary alicyclic amines) is 1. The highest BCUT2D eigenvalue weighted by molar-refractivity contribution is 7.82. The van der Waals surface area contributed by atoms with Crippen molar-refractivity contribution in [2.75, 3.05) is 18.5 Å². The average Bonchev–Trinajstić information content (AvgIpc) is 2.94. The molecule has 7 heteroatoms. The Bertz CT molecular complexity index is 538. The Labute approximate surface area is 121 Å². The molecule has 0 aromatic heterocycles. The van der Waals surface area contributed by atoms with E-state index in [0.717, 1.165) is 12.8 Å². The highest BCUT2D eigenvalue weighted by Crippen LogP contribution is 2.10. The summed E-state index contributed by atoms with van der Waals surface area (Å²) < 4.78 is 12.8. The first-order valence-electron chi connectivity index (χ1n) is 6.26. The maximum atomic E-state index is 12.8. The molecular formula is C13H15FN4OS. The fourth-order valence-corrected chi connectivity index (χ4v) is 2.06. The lowest BCUT2D eigenvalue weighted by Gasteiger charge is -2.15. The van der Waals surface area contributed by atoms with Crippen LogP contribution in [0.4, 0.5) is 10.1 Å². The summed E-state index contributed by atoms with van der Waals surface area (Å²) in [6, 6.07) is 5.61. The van der Waals surface area contributed by atoms with Crippen molar-refractivity contribution in [1.29, 1.82) is 0 Å². The van der Waals surface area contributed by atoms with Gasteiger partial charge in [-0.2, -0.15) is 5.10 Å². The van der Waals surface area contributed by atoms with E-state index in [1.54, 1.807) is 4.90 Å². The molecule has 1 aromatic carbocycles. The molecule has 106 valence electrons. The summed E-state index contributed by atoms with van der Waals surface area (Å²) in [5, 5.41) is 3.95. The van der Waals surface area contributed by atoms with E-state index >= 15 is 0 Å². The maximum Gasteiger partial charge on any atom is 0.277 e. The predicted octanol–water partition coefficient (Wildman–Crippen LogP) is 1.50. The van der Waals surface area contributed by atoms with Crippen molar-refractivity contribution in [3.05, 3.63) is 30.1 Å². The number of carbonyl (C=O) groups excluding carboxylic acids is 1. The van der Waals surface area contributed by atoms with Gasteiger partial charge >= 0.3 is 0 Å². The molecule has 1 amide bonds. The van der Waals surface area contributed by atoms with Gasteiger partial charge in [0.25, 0.3) is 5.91 Å². The minimum atomic E-state index is -0.345. The van der Waals surface area contributed by atoms with Crippen molar-refractivity contribution in [2.45, 2.75) is 12.8 Å². The lowest BCUT2D eigenvalue weighted by atomic mass is 10.3. The van der Waals surface area contributed by atoms with Gasteiger partial charge < -0.3 is 10.6 Å². The zero-order valence-electron chi connectivity index (χ0n) is 10.8. The predicted molar refractivity (Wildman–Crippen MR) is 80.1 cm³/mol. The van der Waals surface area contributed by atoms with Gasteiger partial charge in [-0.15, -0.1) is 0 Å². The molecule has 1 fully saturated rings. The number of rotatable bonds is 4. The Balaban J connectivity index is 2.11. The van der Waals surface area contributed by atoms with Gasteiger partial charge in [0.1, 0.15) is 10.8 Å². The number of anilines is 1. The Morgan fingerprint density at radius 1 is 1.30 bits per heavy atom. The third-order valence-electron chi connectivity index (χ3n) is 2.97. The minimum Gasteiger partial charge on any atom is -0.388 e. The molecule has 20 heavy (non-hydrogen) atoms. The molecule has 0 unspecified atom stereocenters. The Hall–Kier alpha value is -2.02. The van der Waals surface area contributed by atoms with Gasteiger partial charge in [0.05, 0.1) is 5.69 Å². The summed E-state index contributed by atoms with van der Waals surface area (Å²) in [6.07, 6.45) is 1.95. The van der Waals surface area contributed by atoms with Gasteiger partial charge in [-0.3, -0.25) is 10.2 Å². The summed E-state index contributed by atoms with van der Waals surface area (Å²) in [5.41, 5.74) is 8.78. The summed E-state index contributed by atoms with van der Waals surface area (Å²) in [7, 11) is 0. The molecule has 0 saturated carbocycles. The molecular weight excluding hydrogens is 279 g/mol. The first-order valence-corrected chi connectivity index (χ1v) is 6.67. The fourth-order valence-electron chi connectivity index (χ4n) is 1.92. The molecule has 0 radical (unpaired) electrons. The topological polar surface area (TPSA) is 70.7 Å². The first-order chi connectivity index (χ1) is 9.58. The number of nitrogens with one attached hydrogen (secondary N) is 1. The normalized spacial score (nSPS) is 15.2. The van der Waals surface area contributed by atoms with Crippen LogP contribution in [0.25, 0.3) is 0 Å². The highest BCUT2D eigenvalue weighted by Gasteiger charge is 2.24. The molecule has 0 spiro atoms. The SMILES string of the molecule is NC(=S)C(=NNc1ccc(F)cc1)C(=O)N1CCCC1. The number of benzene rings is 1. The quantitative estimate of drug-likeness (QED) is 0.501. The second-order valence-corrected chi connectivity index (χ2v) is 4.88. The number of carbonyl (C=O) groups is 1. The molecule has 1 aromatic rings. The zero-order chi connectivity index (χ0) is 14.5. The number of thiocarbonyl (C=S) groups is 1. The molecule has 1 heterocycles. The van der Waals surface area contributed by atoms with E-state index in [1.807, 2.05) is 0 Å². The third-order valence-corrected chi connectivity index (χ3v) is 3.16. The first kappa shape index (κ1) is 14.4. The van der Waals surface area contributed by atoms with Crippen LogP contribution in [0, 0.1) is 5.82 Å². The Kier molecular flexibility index (Phi) is 4.62. The monoisotopic (exact) mass is 294 g/mol. The molecule has 3 N–H and O–H groups in total. The van der Waals surface area contributed by atoms with E-state index in [0.29, 0.717) is 18.8 Å². The number of hydrogen-bond acceptors (Lipinski definition) is 4. The van der Waals surface area contributed by atoms with Gasteiger partial charge in [-0.25, -0.2) is 4.39 Å². The molecule has 2 rings (SSSR count). The van der Waals surface area contributed by atoms with Crippen LogP contribution < -0.4 is 11.2 Å². The van der Waals surface area contributed by atoms with E-state index in [4.69, 9.17) is 18.0 Å². The second kappa shape index (κ2) is 6.42. The van der Waals surface area contributed by atoms with Crippen molar-refractivity contribution < 1.29 is 9.18 Å². The van der Waals surface area contributed by atoms with Gasteiger partial charge in [-0.05, 0) is 37.1 Å². The van der Waals surface area contributed by atoms with E-state index in [-0.39, 0.29) is 22.4 Å². The molecule has 1 aliphatic rings. The van der Waals surface area contributed by atoms with Crippen molar-refractivity contribution in [1.82, 2.24) is 4.90 Å². The van der Waals surface area contributed by atoms with Crippen LogP contribution in [0.1, 0.15) is 12.8 Å². The lowest BCUT2D eigenvalue weighted by Crippen LogP contribution is -2.40. The average molecular weight is 294 g/mol. The third kappa shape index (κ3) is 3.51. The minimum absolute atomic E-state index is 0.0197.